The van der Waals surface area contributed by atoms with Crippen LogP contribution < -0.4 is 0 Å². The Morgan fingerprint density at radius 2 is 1.38 bits per heavy atom. The molecule has 0 atom stereocenters. The zero-order chi connectivity index (χ0) is 18.7. The van der Waals surface area contributed by atoms with Crippen molar-refractivity contribution in [3.8, 4) is 0 Å². The summed E-state index contributed by atoms with van der Waals surface area (Å²) in [6.07, 6.45) is 1.37. The molecule has 1 aromatic rings. The lowest BCUT2D eigenvalue weighted by Crippen LogP contribution is -2.52. The minimum Gasteiger partial charge on any atom is -0.339 e. The number of piperazine rings is 1. The van der Waals surface area contributed by atoms with E-state index in [1.807, 2.05) is 4.90 Å². The SMILES string of the molecule is CC(=O)N1CCN(C(=O)C2CCN(C(=O)c3ccc(Cl)cc3)CC2)CC1. The van der Waals surface area contributed by atoms with Crippen molar-refractivity contribution in [1.82, 2.24) is 14.7 Å². The minimum absolute atomic E-state index is 0.0114. The van der Waals surface area contributed by atoms with Gasteiger partial charge in [-0.3, -0.25) is 14.4 Å². The highest BCUT2D eigenvalue weighted by atomic mass is 35.5. The first-order valence-corrected chi connectivity index (χ1v) is 9.42. The third kappa shape index (κ3) is 4.18. The van der Waals surface area contributed by atoms with Crippen LogP contribution in [0.2, 0.25) is 5.02 Å². The van der Waals surface area contributed by atoms with Crippen LogP contribution in [-0.4, -0.2) is 71.7 Å². The van der Waals surface area contributed by atoms with Gasteiger partial charge in [-0.25, -0.2) is 0 Å². The molecular weight excluding hydrogens is 354 g/mol. The largest absolute Gasteiger partial charge is 0.339 e. The Bertz CT molecular complexity index is 676. The van der Waals surface area contributed by atoms with Crippen LogP contribution in [0.3, 0.4) is 0 Å². The third-order valence-electron chi connectivity index (χ3n) is 5.26. The first-order chi connectivity index (χ1) is 12.5. The first kappa shape index (κ1) is 18.7. The Kier molecular flexibility index (Phi) is 5.81. The molecule has 0 bridgehead atoms. The number of carbonyl (C=O) groups is 3. The number of hydrogen-bond donors (Lipinski definition) is 0. The van der Waals surface area contributed by atoms with Crippen LogP contribution in [0.1, 0.15) is 30.1 Å². The predicted octanol–water partition coefficient (Wildman–Crippen LogP) is 1.88. The highest BCUT2D eigenvalue weighted by molar-refractivity contribution is 6.30. The smallest absolute Gasteiger partial charge is 0.253 e. The van der Waals surface area contributed by atoms with Crippen LogP contribution in [0, 0.1) is 5.92 Å². The maximum atomic E-state index is 12.7. The molecule has 2 saturated heterocycles. The van der Waals surface area contributed by atoms with E-state index >= 15 is 0 Å². The number of nitrogens with zero attached hydrogens (tertiary/aromatic N) is 3. The predicted molar refractivity (Wildman–Crippen MR) is 98.9 cm³/mol. The average molecular weight is 378 g/mol. The van der Waals surface area contributed by atoms with E-state index in [9.17, 15) is 14.4 Å². The number of halogens is 1. The molecule has 26 heavy (non-hydrogen) atoms. The molecule has 0 spiro atoms. The van der Waals surface area contributed by atoms with E-state index < -0.39 is 0 Å². The summed E-state index contributed by atoms with van der Waals surface area (Å²) in [4.78, 5) is 42.1. The number of amides is 3. The summed E-state index contributed by atoms with van der Waals surface area (Å²) in [6.45, 7) is 5.15. The van der Waals surface area contributed by atoms with Crippen molar-refractivity contribution >= 4 is 29.3 Å². The molecule has 7 heteroatoms. The first-order valence-electron chi connectivity index (χ1n) is 9.05. The van der Waals surface area contributed by atoms with Gasteiger partial charge in [0, 0.05) is 62.7 Å². The Morgan fingerprint density at radius 3 is 1.92 bits per heavy atom. The monoisotopic (exact) mass is 377 g/mol. The van der Waals surface area contributed by atoms with Crippen molar-refractivity contribution in [2.24, 2.45) is 5.92 Å². The minimum atomic E-state index is -0.0341. The molecule has 6 nitrogen and oxygen atoms in total. The van der Waals surface area contributed by atoms with Crippen LogP contribution in [-0.2, 0) is 9.59 Å². The van der Waals surface area contributed by atoms with E-state index in [4.69, 9.17) is 11.6 Å². The summed E-state index contributed by atoms with van der Waals surface area (Å²) in [6, 6.07) is 6.89. The zero-order valence-corrected chi connectivity index (χ0v) is 15.7. The fourth-order valence-corrected chi connectivity index (χ4v) is 3.73. The Balaban J connectivity index is 1.50. The molecular formula is C19H24ClN3O3. The normalized spacial score (nSPS) is 18.8. The van der Waals surface area contributed by atoms with Gasteiger partial charge in [-0.2, -0.15) is 0 Å². The van der Waals surface area contributed by atoms with Gasteiger partial charge in [-0.15, -0.1) is 0 Å². The van der Waals surface area contributed by atoms with E-state index in [1.54, 1.807) is 41.0 Å². The summed E-state index contributed by atoms with van der Waals surface area (Å²) in [5.74, 6) is 0.175. The number of benzene rings is 1. The molecule has 0 aliphatic carbocycles. The molecule has 2 aliphatic rings. The highest BCUT2D eigenvalue weighted by Gasteiger charge is 2.32. The van der Waals surface area contributed by atoms with Crippen molar-refractivity contribution < 1.29 is 14.4 Å². The van der Waals surface area contributed by atoms with Gasteiger partial charge >= 0.3 is 0 Å². The molecule has 3 amide bonds. The third-order valence-corrected chi connectivity index (χ3v) is 5.51. The number of carbonyl (C=O) groups excluding carboxylic acids is 3. The van der Waals surface area contributed by atoms with E-state index in [0.29, 0.717) is 62.7 Å². The summed E-state index contributed by atoms with van der Waals surface area (Å²) in [5, 5.41) is 0.607. The molecule has 2 heterocycles. The highest BCUT2D eigenvalue weighted by Crippen LogP contribution is 2.22. The average Bonchev–Trinajstić information content (AvgIpc) is 2.67. The number of hydrogen-bond acceptors (Lipinski definition) is 3. The molecule has 0 aromatic heterocycles. The lowest BCUT2D eigenvalue weighted by Gasteiger charge is -2.38. The van der Waals surface area contributed by atoms with Gasteiger partial charge in [0.05, 0.1) is 0 Å². The fourth-order valence-electron chi connectivity index (χ4n) is 3.60. The number of rotatable bonds is 2. The van der Waals surface area contributed by atoms with E-state index in [2.05, 4.69) is 0 Å². The van der Waals surface area contributed by atoms with Crippen molar-refractivity contribution in [2.45, 2.75) is 19.8 Å². The Morgan fingerprint density at radius 1 is 0.846 bits per heavy atom. The summed E-state index contributed by atoms with van der Waals surface area (Å²) in [7, 11) is 0. The zero-order valence-electron chi connectivity index (χ0n) is 15.0. The topological polar surface area (TPSA) is 60.9 Å². The molecule has 2 fully saturated rings. The van der Waals surface area contributed by atoms with Gasteiger partial charge in [0.2, 0.25) is 11.8 Å². The molecule has 0 radical (unpaired) electrons. The Hall–Kier alpha value is -2.08. The lowest BCUT2D eigenvalue weighted by atomic mass is 9.94. The van der Waals surface area contributed by atoms with Crippen molar-refractivity contribution in [3.05, 3.63) is 34.9 Å². The van der Waals surface area contributed by atoms with E-state index in [1.165, 1.54) is 0 Å². The van der Waals surface area contributed by atoms with E-state index in [0.717, 1.165) is 0 Å². The number of piperidine rings is 1. The van der Waals surface area contributed by atoms with Gasteiger partial charge in [-0.1, -0.05) is 11.6 Å². The van der Waals surface area contributed by atoms with E-state index in [-0.39, 0.29) is 23.6 Å². The molecule has 2 aliphatic heterocycles. The molecule has 1 aromatic carbocycles. The van der Waals surface area contributed by atoms with Crippen molar-refractivity contribution in [1.29, 1.82) is 0 Å². The second-order valence-corrected chi connectivity index (χ2v) is 7.34. The second kappa shape index (κ2) is 8.08. The molecule has 3 rings (SSSR count). The van der Waals surface area contributed by atoms with Crippen LogP contribution >= 0.6 is 11.6 Å². The molecule has 0 unspecified atom stereocenters. The molecule has 0 N–H and O–H groups in total. The van der Waals surface area contributed by atoms with Crippen molar-refractivity contribution in [3.63, 3.8) is 0 Å². The summed E-state index contributed by atoms with van der Waals surface area (Å²) in [5.41, 5.74) is 0.625. The maximum absolute atomic E-state index is 12.7. The summed E-state index contributed by atoms with van der Waals surface area (Å²) < 4.78 is 0. The molecule has 0 saturated carbocycles. The standard InChI is InChI=1S/C19H24ClN3O3/c1-14(24)21-10-12-23(13-11-21)19(26)16-6-8-22(9-7-16)18(25)15-2-4-17(20)5-3-15/h2-5,16H,6-13H2,1H3. The Labute approximate surface area is 158 Å². The van der Waals surface area contributed by atoms with Gasteiger partial charge in [0.15, 0.2) is 0 Å². The van der Waals surface area contributed by atoms with Crippen molar-refractivity contribution in [2.75, 3.05) is 39.3 Å². The maximum Gasteiger partial charge on any atom is 0.253 e. The van der Waals surface area contributed by atoms with Gasteiger partial charge in [0.1, 0.15) is 0 Å². The lowest BCUT2D eigenvalue weighted by molar-refractivity contribution is -0.142. The van der Waals surface area contributed by atoms with Crippen LogP contribution in [0.15, 0.2) is 24.3 Å². The molecule has 140 valence electrons. The quantitative estimate of drug-likeness (QED) is 0.790. The number of likely N-dealkylation sites (tertiary alicyclic amines) is 1. The van der Waals surface area contributed by atoms with Gasteiger partial charge in [0.25, 0.3) is 5.91 Å². The van der Waals surface area contributed by atoms with Crippen LogP contribution in [0.4, 0.5) is 0 Å². The second-order valence-electron chi connectivity index (χ2n) is 6.90. The summed E-state index contributed by atoms with van der Waals surface area (Å²) >= 11 is 5.87. The van der Waals surface area contributed by atoms with Crippen LogP contribution in [0.5, 0.6) is 0 Å². The van der Waals surface area contributed by atoms with Gasteiger partial charge < -0.3 is 14.7 Å². The fraction of sp³-hybridized carbons (Fsp3) is 0.526. The van der Waals surface area contributed by atoms with Crippen LogP contribution in [0.25, 0.3) is 0 Å². The van der Waals surface area contributed by atoms with Gasteiger partial charge in [-0.05, 0) is 37.1 Å².